The molecule has 7 heteroatoms. The van der Waals surface area contributed by atoms with Crippen LogP contribution >= 0.6 is 0 Å². The molecular weight excluding hydrogens is 307 g/mol. The average molecular weight is 321 g/mol. The van der Waals surface area contributed by atoms with Gasteiger partial charge in [-0.15, -0.1) is 0 Å². The second kappa shape index (κ2) is 6.28. The maximum absolute atomic E-state index is 13.7. The molecule has 0 bridgehead atoms. The molecule has 2 heterocycles. The highest BCUT2D eigenvalue weighted by Crippen LogP contribution is 2.32. The lowest BCUT2D eigenvalue weighted by atomic mass is 10.1. The predicted molar refractivity (Wildman–Crippen MR) is 78.3 cm³/mol. The first kappa shape index (κ1) is 15.3. The first-order valence-electron chi connectivity index (χ1n) is 7.19. The number of likely N-dealkylation sites (tertiary alicyclic amines) is 1. The average Bonchev–Trinajstić information content (AvgIpc) is 3.06. The van der Waals surface area contributed by atoms with E-state index in [1.54, 1.807) is 17.3 Å². The Morgan fingerprint density at radius 1 is 1.13 bits per heavy atom. The number of anilines is 1. The van der Waals surface area contributed by atoms with Crippen molar-refractivity contribution in [3.63, 3.8) is 0 Å². The van der Waals surface area contributed by atoms with Crippen molar-refractivity contribution in [2.24, 2.45) is 0 Å². The van der Waals surface area contributed by atoms with Gasteiger partial charge in [0.25, 0.3) is 0 Å². The maximum Gasteiger partial charge on any atom is 0.322 e. The van der Waals surface area contributed by atoms with Crippen molar-refractivity contribution in [1.82, 2.24) is 9.88 Å². The Kier molecular flexibility index (Phi) is 4.18. The van der Waals surface area contributed by atoms with Crippen LogP contribution in [0.5, 0.6) is 0 Å². The molecular formula is C16H14F3N3O. The lowest BCUT2D eigenvalue weighted by molar-refractivity contribution is 0.207. The predicted octanol–water partition coefficient (Wildman–Crippen LogP) is 3.87. The van der Waals surface area contributed by atoms with Crippen molar-refractivity contribution in [2.75, 3.05) is 11.9 Å². The van der Waals surface area contributed by atoms with E-state index in [0.717, 1.165) is 30.5 Å². The van der Waals surface area contributed by atoms with E-state index in [1.807, 2.05) is 12.1 Å². The Morgan fingerprint density at radius 2 is 1.87 bits per heavy atom. The summed E-state index contributed by atoms with van der Waals surface area (Å²) in [6.45, 7) is 0.504. The Morgan fingerprint density at radius 3 is 2.61 bits per heavy atom. The fourth-order valence-electron chi connectivity index (χ4n) is 2.75. The monoisotopic (exact) mass is 321 g/mol. The summed E-state index contributed by atoms with van der Waals surface area (Å²) in [6.07, 6.45) is 4.86. The van der Waals surface area contributed by atoms with Crippen LogP contribution < -0.4 is 5.32 Å². The molecule has 0 spiro atoms. The molecule has 3 rings (SSSR count). The maximum atomic E-state index is 13.7. The number of benzene rings is 1. The van der Waals surface area contributed by atoms with Crippen molar-refractivity contribution in [3.8, 4) is 0 Å². The second-order valence-corrected chi connectivity index (χ2v) is 5.29. The van der Waals surface area contributed by atoms with Crippen LogP contribution in [-0.2, 0) is 0 Å². The summed E-state index contributed by atoms with van der Waals surface area (Å²) in [7, 11) is 0. The van der Waals surface area contributed by atoms with Crippen LogP contribution in [0.1, 0.15) is 24.4 Å². The van der Waals surface area contributed by atoms with E-state index in [9.17, 15) is 18.0 Å². The quantitative estimate of drug-likeness (QED) is 0.854. The van der Waals surface area contributed by atoms with E-state index < -0.39 is 23.5 Å². The molecule has 0 saturated carbocycles. The van der Waals surface area contributed by atoms with Crippen LogP contribution in [0.2, 0.25) is 0 Å². The van der Waals surface area contributed by atoms with Gasteiger partial charge in [-0.1, -0.05) is 0 Å². The number of urea groups is 1. The molecule has 4 nitrogen and oxygen atoms in total. The molecule has 2 aromatic rings. The Bertz CT molecular complexity index is 724. The van der Waals surface area contributed by atoms with Gasteiger partial charge in [-0.3, -0.25) is 4.98 Å². The zero-order chi connectivity index (χ0) is 16.4. The number of carbonyl (C=O) groups excluding carboxylic acids is 1. The molecule has 1 aliphatic rings. The number of pyridine rings is 1. The Hall–Kier alpha value is -2.57. The van der Waals surface area contributed by atoms with Crippen LogP contribution in [0.15, 0.2) is 36.7 Å². The first-order chi connectivity index (χ1) is 11.1. The Labute approximate surface area is 130 Å². The van der Waals surface area contributed by atoms with Gasteiger partial charge in [0.2, 0.25) is 0 Å². The minimum atomic E-state index is -1.60. The number of aromatic nitrogens is 1. The first-order valence-corrected chi connectivity index (χ1v) is 7.19. The highest BCUT2D eigenvalue weighted by Gasteiger charge is 2.30. The number of hydrogen-bond acceptors (Lipinski definition) is 2. The van der Waals surface area contributed by atoms with Crippen LogP contribution in [-0.4, -0.2) is 22.5 Å². The number of amides is 2. The Balaban J connectivity index is 1.79. The van der Waals surface area contributed by atoms with E-state index >= 15 is 0 Å². The van der Waals surface area contributed by atoms with Gasteiger partial charge < -0.3 is 10.2 Å². The number of nitrogens with one attached hydrogen (secondary N) is 1. The van der Waals surface area contributed by atoms with Gasteiger partial charge in [-0.25, -0.2) is 18.0 Å². The molecule has 1 atom stereocenters. The van der Waals surface area contributed by atoms with Crippen LogP contribution in [0, 0.1) is 17.5 Å². The molecule has 1 aromatic carbocycles. The summed E-state index contributed by atoms with van der Waals surface area (Å²) >= 11 is 0. The van der Waals surface area contributed by atoms with Gasteiger partial charge in [0, 0.05) is 18.9 Å². The van der Waals surface area contributed by atoms with E-state index in [4.69, 9.17) is 0 Å². The molecule has 0 radical (unpaired) electrons. The van der Waals surface area contributed by atoms with E-state index in [1.165, 1.54) is 0 Å². The smallest absolute Gasteiger partial charge is 0.317 e. The zero-order valence-electron chi connectivity index (χ0n) is 12.1. The normalized spacial score (nSPS) is 17.3. The van der Waals surface area contributed by atoms with Gasteiger partial charge in [0.05, 0.1) is 11.7 Å². The lowest BCUT2D eigenvalue weighted by Crippen LogP contribution is -2.34. The second-order valence-electron chi connectivity index (χ2n) is 5.29. The third-order valence-corrected chi connectivity index (χ3v) is 3.88. The fourth-order valence-corrected chi connectivity index (χ4v) is 2.75. The number of rotatable bonds is 2. The van der Waals surface area contributed by atoms with Gasteiger partial charge in [0.1, 0.15) is 0 Å². The van der Waals surface area contributed by atoms with Gasteiger partial charge in [-0.2, -0.15) is 0 Å². The molecule has 2 amide bonds. The van der Waals surface area contributed by atoms with Crippen LogP contribution in [0.4, 0.5) is 23.7 Å². The third kappa shape index (κ3) is 2.99. The van der Waals surface area contributed by atoms with Crippen molar-refractivity contribution in [1.29, 1.82) is 0 Å². The van der Waals surface area contributed by atoms with Crippen molar-refractivity contribution < 1.29 is 18.0 Å². The number of hydrogen-bond donors (Lipinski definition) is 1. The van der Waals surface area contributed by atoms with Crippen LogP contribution in [0.25, 0.3) is 0 Å². The van der Waals surface area contributed by atoms with Crippen LogP contribution in [0.3, 0.4) is 0 Å². The summed E-state index contributed by atoms with van der Waals surface area (Å²) in [5.41, 5.74) is 0.549. The minimum absolute atomic E-state index is 0.147. The summed E-state index contributed by atoms with van der Waals surface area (Å²) in [4.78, 5) is 17.9. The number of nitrogens with zero attached hydrogens (tertiary/aromatic N) is 2. The van der Waals surface area contributed by atoms with Crippen molar-refractivity contribution in [2.45, 2.75) is 18.9 Å². The SMILES string of the molecule is O=C(Nc1ccc(F)c(F)c1F)N1CCCC1c1ccncc1. The highest BCUT2D eigenvalue weighted by molar-refractivity contribution is 5.90. The topological polar surface area (TPSA) is 45.2 Å². The summed E-state index contributed by atoms with van der Waals surface area (Å²) in [5, 5.41) is 2.31. The van der Waals surface area contributed by atoms with Crippen molar-refractivity contribution >= 4 is 11.7 Å². The molecule has 23 heavy (non-hydrogen) atoms. The molecule has 1 fully saturated rings. The van der Waals surface area contributed by atoms with Crippen molar-refractivity contribution in [3.05, 3.63) is 59.7 Å². The van der Waals surface area contributed by atoms with Gasteiger partial charge in [-0.05, 0) is 42.7 Å². The fraction of sp³-hybridized carbons (Fsp3) is 0.250. The molecule has 1 aromatic heterocycles. The van der Waals surface area contributed by atoms with Gasteiger partial charge in [0.15, 0.2) is 17.5 Å². The summed E-state index contributed by atoms with van der Waals surface area (Å²) in [5.74, 6) is -4.30. The molecule has 1 aliphatic heterocycles. The standard InChI is InChI=1S/C16H14F3N3O/c17-11-3-4-12(15(19)14(11)18)21-16(23)22-9-1-2-13(22)10-5-7-20-8-6-10/h3-8,13H,1-2,9H2,(H,21,23). The van der Waals surface area contributed by atoms with Gasteiger partial charge >= 0.3 is 6.03 Å². The summed E-state index contributed by atoms with van der Waals surface area (Å²) < 4.78 is 39.8. The van der Waals surface area contributed by atoms with E-state index in [2.05, 4.69) is 10.3 Å². The molecule has 1 unspecified atom stereocenters. The number of carbonyl (C=O) groups is 1. The van der Waals surface area contributed by atoms with E-state index in [-0.39, 0.29) is 11.7 Å². The number of halogens is 3. The minimum Gasteiger partial charge on any atom is -0.317 e. The zero-order valence-corrected chi connectivity index (χ0v) is 12.1. The molecule has 1 saturated heterocycles. The largest absolute Gasteiger partial charge is 0.322 e. The highest BCUT2D eigenvalue weighted by atomic mass is 19.2. The lowest BCUT2D eigenvalue weighted by Gasteiger charge is -2.25. The molecule has 120 valence electrons. The van der Waals surface area contributed by atoms with E-state index in [0.29, 0.717) is 6.54 Å². The third-order valence-electron chi connectivity index (χ3n) is 3.88. The summed E-state index contributed by atoms with van der Waals surface area (Å²) in [6, 6.07) is 4.71. The molecule has 1 N–H and O–H groups in total. The molecule has 0 aliphatic carbocycles.